The first-order valence-corrected chi connectivity index (χ1v) is 9.22. The van der Waals surface area contributed by atoms with Gasteiger partial charge in [0.1, 0.15) is 0 Å². The highest BCUT2D eigenvalue weighted by Gasteiger charge is 2.42. The highest BCUT2D eigenvalue weighted by atomic mass is 35.5. The normalized spacial score (nSPS) is 25.4. The zero-order chi connectivity index (χ0) is 17.4. The topological polar surface area (TPSA) is 72.4 Å². The van der Waals surface area contributed by atoms with Crippen LogP contribution in [-0.2, 0) is 11.2 Å². The van der Waals surface area contributed by atoms with Gasteiger partial charge in [0.05, 0.1) is 11.2 Å². The van der Waals surface area contributed by atoms with E-state index in [1.165, 1.54) is 0 Å². The molecule has 0 spiro atoms. The molecule has 5 nitrogen and oxygen atoms in total. The Hall–Kier alpha value is -1.85. The van der Waals surface area contributed by atoms with Crippen LogP contribution in [0.15, 0.2) is 34.9 Å². The third-order valence-corrected chi connectivity index (χ3v) is 5.84. The number of amides is 1. The summed E-state index contributed by atoms with van der Waals surface area (Å²) >= 11 is 6.18. The lowest BCUT2D eigenvalue weighted by molar-refractivity contribution is -0.130. The number of rotatable bonds is 4. The van der Waals surface area contributed by atoms with Crippen molar-refractivity contribution in [2.75, 3.05) is 13.1 Å². The summed E-state index contributed by atoms with van der Waals surface area (Å²) in [4.78, 5) is 18.7. The van der Waals surface area contributed by atoms with E-state index in [2.05, 4.69) is 4.98 Å². The lowest BCUT2D eigenvalue weighted by Gasteiger charge is -2.18. The van der Waals surface area contributed by atoms with E-state index in [4.69, 9.17) is 21.8 Å². The minimum Gasteiger partial charge on any atom is -0.441 e. The number of hydrogen-bond donors (Lipinski definition) is 1. The van der Waals surface area contributed by atoms with Crippen LogP contribution >= 0.6 is 11.6 Å². The number of carbonyl (C=O) groups excluding carboxylic acids is 1. The molecule has 3 atom stereocenters. The van der Waals surface area contributed by atoms with E-state index in [9.17, 15) is 4.79 Å². The lowest BCUT2D eigenvalue weighted by Crippen LogP contribution is -2.33. The first-order valence-electron chi connectivity index (χ1n) is 8.85. The molecule has 2 heterocycles. The number of nitrogens with zero attached hydrogens (tertiary/aromatic N) is 2. The van der Waals surface area contributed by atoms with Crippen LogP contribution in [0.3, 0.4) is 0 Å². The first kappa shape index (κ1) is 16.6. The maximum Gasteiger partial charge on any atom is 0.223 e. The molecule has 2 aliphatic rings. The Morgan fingerprint density at radius 3 is 2.96 bits per heavy atom. The Kier molecular flexibility index (Phi) is 4.52. The predicted octanol–water partition coefficient (Wildman–Crippen LogP) is 3.12. The van der Waals surface area contributed by atoms with Gasteiger partial charge in [-0.25, -0.2) is 4.98 Å². The number of benzene rings is 1. The molecule has 1 saturated carbocycles. The standard InChI is InChI=1S/C19H22ClN3O2/c20-15-4-2-1-3-13(15)17-9-22-18(25-17)7-8-19(24)23-10-12-5-6-16(21)14(12)11-23/h1-4,9,12,14,16H,5-8,10-11,21H2. The average Bonchev–Trinajstić information content (AvgIpc) is 3.31. The minimum atomic E-state index is 0.166. The summed E-state index contributed by atoms with van der Waals surface area (Å²) in [6.07, 6.45) is 4.83. The van der Waals surface area contributed by atoms with Crippen molar-refractivity contribution in [2.45, 2.75) is 31.7 Å². The van der Waals surface area contributed by atoms with Crippen molar-refractivity contribution in [1.82, 2.24) is 9.88 Å². The van der Waals surface area contributed by atoms with Crippen LogP contribution in [-0.4, -0.2) is 34.9 Å². The lowest BCUT2D eigenvalue weighted by atomic mass is 9.98. The number of fused-ring (bicyclic) bond motifs is 1. The number of aromatic nitrogens is 1. The van der Waals surface area contributed by atoms with Gasteiger partial charge in [0, 0.05) is 37.5 Å². The number of nitrogens with two attached hydrogens (primary N) is 1. The zero-order valence-electron chi connectivity index (χ0n) is 14.0. The molecule has 132 valence electrons. The molecule has 0 radical (unpaired) electrons. The first-order chi connectivity index (χ1) is 12.1. The summed E-state index contributed by atoms with van der Waals surface area (Å²) in [5.41, 5.74) is 6.96. The monoisotopic (exact) mass is 359 g/mol. The van der Waals surface area contributed by atoms with Crippen molar-refractivity contribution in [3.05, 3.63) is 41.4 Å². The highest BCUT2D eigenvalue weighted by Crippen LogP contribution is 2.37. The van der Waals surface area contributed by atoms with Crippen LogP contribution < -0.4 is 5.73 Å². The van der Waals surface area contributed by atoms with E-state index in [0.29, 0.717) is 41.4 Å². The van der Waals surface area contributed by atoms with Crippen LogP contribution in [0.1, 0.15) is 25.2 Å². The largest absolute Gasteiger partial charge is 0.441 e. The van der Waals surface area contributed by atoms with Crippen molar-refractivity contribution in [2.24, 2.45) is 17.6 Å². The van der Waals surface area contributed by atoms with Crippen molar-refractivity contribution in [1.29, 1.82) is 0 Å². The summed E-state index contributed by atoms with van der Waals surface area (Å²) in [6, 6.07) is 7.75. The maximum atomic E-state index is 12.5. The molecule has 1 aliphatic heterocycles. The van der Waals surface area contributed by atoms with Gasteiger partial charge >= 0.3 is 0 Å². The molecule has 1 saturated heterocycles. The van der Waals surface area contributed by atoms with Crippen LogP contribution in [0.25, 0.3) is 11.3 Å². The molecule has 1 aromatic carbocycles. The molecule has 1 aromatic heterocycles. The predicted molar refractivity (Wildman–Crippen MR) is 96.0 cm³/mol. The second-order valence-corrected chi connectivity index (χ2v) is 7.47. The van der Waals surface area contributed by atoms with E-state index in [-0.39, 0.29) is 11.9 Å². The zero-order valence-corrected chi connectivity index (χ0v) is 14.8. The molecule has 4 rings (SSSR count). The second-order valence-electron chi connectivity index (χ2n) is 7.06. The molecule has 1 amide bonds. The Morgan fingerprint density at radius 1 is 1.32 bits per heavy atom. The van der Waals surface area contributed by atoms with Gasteiger partial charge in [0.15, 0.2) is 11.7 Å². The maximum absolute atomic E-state index is 12.5. The quantitative estimate of drug-likeness (QED) is 0.910. The van der Waals surface area contributed by atoms with Crippen LogP contribution in [0.2, 0.25) is 5.02 Å². The minimum absolute atomic E-state index is 0.166. The number of oxazole rings is 1. The van der Waals surface area contributed by atoms with Gasteiger partial charge < -0.3 is 15.1 Å². The fraction of sp³-hybridized carbons (Fsp3) is 0.474. The van der Waals surface area contributed by atoms with Gasteiger partial charge in [-0.2, -0.15) is 0 Å². The summed E-state index contributed by atoms with van der Waals surface area (Å²) in [6.45, 7) is 1.66. The van der Waals surface area contributed by atoms with Crippen molar-refractivity contribution < 1.29 is 9.21 Å². The van der Waals surface area contributed by atoms with Gasteiger partial charge in [-0.15, -0.1) is 0 Å². The number of halogens is 1. The number of aryl methyl sites for hydroxylation is 1. The summed E-state index contributed by atoms with van der Waals surface area (Å²) in [7, 11) is 0. The van der Waals surface area contributed by atoms with E-state index >= 15 is 0 Å². The Morgan fingerprint density at radius 2 is 2.16 bits per heavy atom. The van der Waals surface area contributed by atoms with E-state index in [1.807, 2.05) is 29.2 Å². The SMILES string of the molecule is NC1CCC2CN(C(=O)CCc3ncc(-c4ccccc4Cl)o3)CC12. The molecular weight excluding hydrogens is 338 g/mol. The van der Waals surface area contributed by atoms with Crippen LogP contribution in [0, 0.1) is 11.8 Å². The van der Waals surface area contributed by atoms with Gasteiger partial charge in [0.2, 0.25) is 5.91 Å². The van der Waals surface area contributed by atoms with Crippen molar-refractivity contribution >= 4 is 17.5 Å². The second kappa shape index (κ2) is 6.81. The molecule has 2 N–H and O–H groups in total. The number of carbonyl (C=O) groups is 1. The molecule has 2 aromatic rings. The summed E-state index contributed by atoms with van der Waals surface area (Å²) in [5, 5.41) is 0.626. The van der Waals surface area contributed by atoms with Gasteiger partial charge in [-0.05, 0) is 36.8 Å². The molecule has 0 bridgehead atoms. The third-order valence-electron chi connectivity index (χ3n) is 5.51. The van der Waals surface area contributed by atoms with Gasteiger partial charge in [-0.3, -0.25) is 4.79 Å². The van der Waals surface area contributed by atoms with Crippen molar-refractivity contribution in [3.8, 4) is 11.3 Å². The molecule has 3 unspecified atom stereocenters. The van der Waals surface area contributed by atoms with Crippen LogP contribution in [0.5, 0.6) is 0 Å². The molecule has 1 aliphatic carbocycles. The molecular formula is C19H22ClN3O2. The number of likely N-dealkylation sites (tertiary alicyclic amines) is 1. The Balaban J connectivity index is 1.35. The molecule has 2 fully saturated rings. The van der Waals surface area contributed by atoms with Gasteiger partial charge in [0.25, 0.3) is 0 Å². The summed E-state index contributed by atoms with van der Waals surface area (Å²) in [5.74, 6) is 2.44. The van der Waals surface area contributed by atoms with E-state index in [1.54, 1.807) is 6.20 Å². The molecule has 6 heteroatoms. The average molecular weight is 360 g/mol. The molecule has 25 heavy (non-hydrogen) atoms. The van der Waals surface area contributed by atoms with E-state index in [0.717, 1.165) is 31.5 Å². The highest BCUT2D eigenvalue weighted by molar-refractivity contribution is 6.33. The fourth-order valence-electron chi connectivity index (χ4n) is 4.09. The number of hydrogen-bond acceptors (Lipinski definition) is 4. The third kappa shape index (κ3) is 3.31. The fourth-order valence-corrected chi connectivity index (χ4v) is 4.32. The van der Waals surface area contributed by atoms with E-state index < -0.39 is 0 Å². The smallest absolute Gasteiger partial charge is 0.223 e. The Labute approximate surface area is 152 Å². The Bertz CT molecular complexity index is 776. The van der Waals surface area contributed by atoms with Gasteiger partial charge in [-0.1, -0.05) is 23.7 Å². The van der Waals surface area contributed by atoms with Crippen LogP contribution in [0.4, 0.5) is 0 Å². The summed E-state index contributed by atoms with van der Waals surface area (Å²) < 4.78 is 5.77. The van der Waals surface area contributed by atoms with Crippen molar-refractivity contribution in [3.63, 3.8) is 0 Å².